The molecule has 0 saturated heterocycles. The zero-order valence-corrected chi connectivity index (χ0v) is 66.2. The Morgan fingerprint density at radius 2 is 0.515 bits per heavy atom. The number of carbonyl (C=O) groups is 3. The van der Waals surface area contributed by atoms with E-state index in [4.69, 9.17) is 32.3 Å². The first-order valence-electron chi connectivity index (χ1n) is 40.1. The van der Waals surface area contributed by atoms with Gasteiger partial charge in [0.2, 0.25) is 0 Å². The predicted octanol–water partition coefficient (Wildman–Crippen LogP) is 23.7. The third-order valence-corrected chi connectivity index (χ3v) is 18.4. The van der Waals surface area contributed by atoms with Crippen LogP contribution in [-0.4, -0.2) is 95.9 Å². The van der Waals surface area contributed by atoms with E-state index in [-0.39, 0.29) is 19.3 Å². The van der Waals surface area contributed by atoms with E-state index < -0.39 is 91.5 Å². The van der Waals surface area contributed by atoms with Crippen molar-refractivity contribution in [3.63, 3.8) is 0 Å². The molecule has 0 aliphatic heterocycles. The summed E-state index contributed by atoms with van der Waals surface area (Å²) in [4.78, 5) is 58.7. The Morgan fingerprint density at radius 1 is 0.282 bits per heavy atom. The van der Waals surface area contributed by atoms with Crippen LogP contribution in [0.15, 0.2) is 146 Å². The lowest BCUT2D eigenvalue weighted by Gasteiger charge is -2.21. The van der Waals surface area contributed by atoms with Gasteiger partial charge in [-0.15, -0.1) is 0 Å². The van der Waals surface area contributed by atoms with Crippen LogP contribution >= 0.6 is 15.6 Å². The lowest BCUT2D eigenvalue weighted by molar-refractivity contribution is -0.161. The molecule has 0 radical (unpaired) electrons. The number of rotatable bonds is 75. The maximum Gasteiger partial charge on any atom is 0.472 e. The van der Waals surface area contributed by atoms with Gasteiger partial charge in [-0.25, -0.2) is 9.13 Å². The highest BCUT2D eigenvalue weighted by Gasteiger charge is 2.29. The van der Waals surface area contributed by atoms with Gasteiger partial charge in [-0.2, -0.15) is 0 Å². The second-order valence-corrected chi connectivity index (χ2v) is 29.4. The molecule has 0 aromatic heterocycles. The van der Waals surface area contributed by atoms with Crippen LogP contribution in [0.1, 0.15) is 316 Å². The van der Waals surface area contributed by atoms with Gasteiger partial charge in [-0.3, -0.25) is 32.5 Å². The Bertz CT molecular complexity index is 2450. The van der Waals surface area contributed by atoms with Crippen molar-refractivity contribution in [3.05, 3.63) is 146 Å². The van der Waals surface area contributed by atoms with Gasteiger partial charge in [0.15, 0.2) is 6.10 Å². The number of unbranched alkanes of at least 4 members (excludes halogenated alkanes) is 28. The van der Waals surface area contributed by atoms with E-state index in [0.717, 1.165) is 167 Å². The Kier molecular flexibility index (Phi) is 73.6. The Balaban J connectivity index is 4.60. The van der Waals surface area contributed by atoms with Gasteiger partial charge in [0, 0.05) is 19.3 Å². The maximum atomic E-state index is 13.0. The van der Waals surface area contributed by atoms with Crippen molar-refractivity contribution in [2.45, 2.75) is 334 Å². The highest BCUT2D eigenvalue weighted by molar-refractivity contribution is 7.47. The number of phosphoric ester groups is 2. The largest absolute Gasteiger partial charge is 0.472 e. The van der Waals surface area contributed by atoms with Gasteiger partial charge >= 0.3 is 33.6 Å². The Morgan fingerprint density at radius 3 is 0.816 bits per heavy atom. The van der Waals surface area contributed by atoms with Gasteiger partial charge in [0.05, 0.1) is 26.4 Å². The van der Waals surface area contributed by atoms with Crippen LogP contribution in [0, 0.1) is 0 Å². The summed E-state index contributed by atoms with van der Waals surface area (Å²) in [7, 11) is -9.80. The second-order valence-electron chi connectivity index (χ2n) is 26.5. The first-order valence-corrected chi connectivity index (χ1v) is 43.1. The summed E-state index contributed by atoms with van der Waals surface area (Å²) in [6, 6.07) is 0. The number of allylic oxidation sites excluding steroid dienone is 24. The van der Waals surface area contributed by atoms with Crippen molar-refractivity contribution in [3.8, 4) is 0 Å². The molecule has 103 heavy (non-hydrogen) atoms. The number of ether oxygens (including phenoxy) is 3. The first kappa shape index (κ1) is 98.4. The standard InChI is InChI=1S/C85H144O16P2/c1-4-7-10-13-16-19-22-25-28-30-32-34-36-38-39-41-43-44-46-48-51-53-56-59-62-65-68-71-83(88)95-74-80(86)75-97-102(91,92)98-76-81(87)77-99-103(93,94)100-79-82(101-85(90)73-70-67-64-61-58-55-50-27-24-21-18-15-12-9-6-3)78-96-84(89)72-69-66-63-60-57-54-52-49-47-45-42-40-37-35-33-31-29-26-23-20-17-14-11-8-5-2/h7,10,16-21,25-29,32-35,38-40,42-44,50,80-82,86-87H,4-6,8-9,11-15,22-24,30-31,36-37,41,45-49,51-79H2,1-3H3,(H,91,92)(H,93,94)/b10-7-,19-16-,20-17-,21-18-,28-25-,29-26-,34-32-,35-33-,39-38-,42-40-,44-43-,50-27-. The average molecular weight is 1480 g/mol. The van der Waals surface area contributed by atoms with Gasteiger partial charge in [0.25, 0.3) is 0 Å². The van der Waals surface area contributed by atoms with Crippen LogP contribution in [0.5, 0.6) is 0 Å². The lowest BCUT2D eigenvalue weighted by atomic mass is 10.1. The molecule has 4 N–H and O–H groups in total. The molecule has 5 unspecified atom stereocenters. The molecule has 590 valence electrons. The zero-order valence-electron chi connectivity index (χ0n) is 64.4. The smallest absolute Gasteiger partial charge is 0.463 e. The maximum absolute atomic E-state index is 13.0. The van der Waals surface area contributed by atoms with E-state index in [1.54, 1.807) is 0 Å². The highest BCUT2D eigenvalue weighted by Crippen LogP contribution is 2.45. The molecule has 0 rings (SSSR count). The molecule has 0 fully saturated rings. The van der Waals surface area contributed by atoms with Crippen LogP contribution < -0.4 is 0 Å². The number of aliphatic hydroxyl groups excluding tert-OH is 2. The second kappa shape index (κ2) is 77.1. The molecule has 0 aliphatic rings. The third kappa shape index (κ3) is 78.3. The van der Waals surface area contributed by atoms with Crippen LogP contribution in [-0.2, 0) is 55.8 Å². The highest BCUT2D eigenvalue weighted by atomic mass is 31.2. The number of phosphoric acid groups is 2. The summed E-state index contributed by atoms with van der Waals surface area (Å²) in [5.74, 6) is -1.60. The van der Waals surface area contributed by atoms with Crippen LogP contribution in [0.3, 0.4) is 0 Å². The fourth-order valence-corrected chi connectivity index (χ4v) is 12.0. The zero-order chi connectivity index (χ0) is 75.2. The van der Waals surface area contributed by atoms with Crippen molar-refractivity contribution in [2.24, 2.45) is 0 Å². The summed E-state index contributed by atoms with van der Waals surface area (Å²) in [5, 5.41) is 20.6. The van der Waals surface area contributed by atoms with E-state index in [0.29, 0.717) is 19.3 Å². The number of aliphatic hydroxyl groups is 2. The molecular weight excluding hydrogens is 1340 g/mol. The monoisotopic (exact) mass is 1480 g/mol. The lowest BCUT2D eigenvalue weighted by Crippen LogP contribution is -2.30. The molecule has 0 spiro atoms. The molecule has 0 aromatic carbocycles. The van der Waals surface area contributed by atoms with E-state index in [2.05, 4.69) is 167 Å². The molecule has 0 aromatic rings. The topological polar surface area (TPSA) is 231 Å². The minimum absolute atomic E-state index is 0.0841. The molecule has 18 heteroatoms. The molecule has 0 bridgehead atoms. The SMILES string of the molecule is CC/C=C\C/C=C\C/C=C\C/C=C\C/C=C\C/C=C\CCCCCCCCCCC(=O)OCC(O)COP(=O)(O)OCC(O)COP(=O)(O)OCC(COC(=O)CCCCCCCCCCC/C=C\C/C=C\C/C=C\C/C=C\CCCCC)OC(=O)CCCCCCC/C=C\C/C=C\CCCCC. The summed E-state index contributed by atoms with van der Waals surface area (Å²) >= 11 is 0. The minimum Gasteiger partial charge on any atom is -0.463 e. The molecule has 0 aliphatic carbocycles. The Hall–Kier alpha value is -4.57. The van der Waals surface area contributed by atoms with Crippen molar-refractivity contribution < 1.29 is 75.8 Å². The third-order valence-electron chi connectivity index (χ3n) is 16.5. The summed E-state index contributed by atoms with van der Waals surface area (Å²) in [5.41, 5.74) is 0. The van der Waals surface area contributed by atoms with E-state index >= 15 is 0 Å². The number of esters is 3. The van der Waals surface area contributed by atoms with E-state index in [1.165, 1.54) is 89.9 Å². The van der Waals surface area contributed by atoms with Crippen LogP contribution in [0.4, 0.5) is 0 Å². The molecule has 0 saturated carbocycles. The van der Waals surface area contributed by atoms with Crippen molar-refractivity contribution in [1.82, 2.24) is 0 Å². The van der Waals surface area contributed by atoms with Gasteiger partial charge in [-0.1, -0.05) is 295 Å². The number of hydrogen-bond acceptors (Lipinski definition) is 14. The molecule has 0 heterocycles. The summed E-state index contributed by atoms with van der Waals surface area (Å²) in [6.45, 7) is 2.49. The predicted molar refractivity (Wildman–Crippen MR) is 426 cm³/mol. The van der Waals surface area contributed by atoms with E-state index in [1.807, 2.05) is 0 Å². The average Bonchev–Trinajstić information content (AvgIpc) is 0.922. The number of carbonyl (C=O) groups excluding carboxylic acids is 3. The quantitative estimate of drug-likeness (QED) is 0.0146. The Labute approximate surface area is 626 Å². The molecule has 16 nitrogen and oxygen atoms in total. The fraction of sp³-hybridized carbons (Fsp3) is 0.682. The fourth-order valence-electron chi connectivity index (χ4n) is 10.4. The van der Waals surface area contributed by atoms with Crippen molar-refractivity contribution in [1.29, 1.82) is 0 Å². The minimum atomic E-state index is -4.94. The first-order chi connectivity index (χ1) is 50.2. The van der Waals surface area contributed by atoms with Gasteiger partial charge in [-0.05, 0) is 148 Å². The van der Waals surface area contributed by atoms with Crippen molar-refractivity contribution in [2.75, 3.05) is 39.6 Å². The van der Waals surface area contributed by atoms with Crippen LogP contribution in [0.2, 0.25) is 0 Å². The number of hydrogen-bond donors (Lipinski definition) is 4. The van der Waals surface area contributed by atoms with Gasteiger partial charge in [0.1, 0.15) is 25.4 Å². The molecular formula is C85H144O16P2. The summed E-state index contributed by atoms with van der Waals surface area (Å²) in [6.07, 6.45) is 94.5. The summed E-state index contributed by atoms with van der Waals surface area (Å²) < 4.78 is 61.2. The normalized spacial score (nSPS) is 14.7. The van der Waals surface area contributed by atoms with Crippen LogP contribution in [0.25, 0.3) is 0 Å². The molecule has 5 atom stereocenters. The molecule has 0 amide bonds. The van der Waals surface area contributed by atoms with E-state index in [9.17, 15) is 43.5 Å². The van der Waals surface area contributed by atoms with Crippen molar-refractivity contribution >= 4 is 33.6 Å². The van der Waals surface area contributed by atoms with Gasteiger partial charge < -0.3 is 34.2 Å².